The molecule has 0 fully saturated rings. The highest BCUT2D eigenvalue weighted by Gasteiger charge is 2.26. The lowest BCUT2D eigenvalue weighted by Crippen LogP contribution is -2.15. The summed E-state index contributed by atoms with van der Waals surface area (Å²) in [4.78, 5) is 11.7. The number of phenols is 1. The Morgan fingerprint density at radius 2 is 1.75 bits per heavy atom. The maximum atomic E-state index is 11.7. The van der Waals surface area contributed by atoms with Gasteiger partial charge in [-0.1, -0.05) is 58.9 Å². The Hall–Kier alpha value is -2.29. The molecule has 0 aromatic heterocycles. The largest absolute Gasteiger partial charge is 0.507 e. The van der Waals surface area contributed by atoms with Crippen LogP contribution in [0.1, 0.15) is 67.6 Å². The number of aromatic hydroxyl groups is 1. The lowest BCUT2D eigenvalue weighted by Gasteiger charge is -2.24. The van der Waals surface area contributed by atoms with Crippen molar-refractivity contribution in [3.8, 4) is 16.9 Å². The van der Waals surface area contributed by atoms with Gasteiger partial charge in [-0.2, -0.15) is 0 Å². The molecule has 2 aromatic carbocycles. The number of carbonyl (C=O) groups is 1. The van der Waals surface area contributed by atoms with E-state index in [9.17, 15) is 15.0 Å². The van der Waals surface area contributed by atoms with Crippen molar-refractivity contribution in [1.82, 2.24) is 0 Å². The first kappa shape index (κ1) is 18.1. The van der Waals surface area contributed by atoms with E-state index >= 15 is 0 Å². The normalized spacial score (nSPS) is 11.8. The van der Waals surface area contributed by atoms with Crippen molar-refractivity contribution in [1.29, 1.82) is 0 Å². The number of hydrogen-bond donors (Lipinski definition) is 2. The van der Waals surface area contributed by atoms with Gasteiger partial charge >= 0.3 is 5.97 Å². The first-order chi connectivity index (χ1) is 11.0. The summed E-state index contributed by atoms with van der Waals surface area (Å²) in [7, 11) is 0. The second-order valence-electron chi connectivity index (χ2n) is 7.66. The quantitative estimate of drug-likeness (QED) is 0.784. The fourth-order valence-electron chi connectivity index (χ4n) is 2.97. The summed E-state index contributed by atoms with van der Waals surface area (Å²) in [6, 6.07) is 10.1. The van der Waals surface area contributed by atoms with Gasteiger partial charge in [0.25, 0.3) is 0 Å². The van der Waals surface area contributed by atoms with Gasteiger partial charge in [-0.05, 0) is 46.6 Å². The van der Waals surface area contributed by atoms with E-state index in [0.29, 0.717) is 17.0 Å². The Morgan fingerprint density at radius 1 is 1.12 bits per heavy atom. The highest BCUT2D eigenvalue weighted by molar-refractivity contribution is 5.96. The number of hydrogen-bond acceptors (Lipinski definition) is 2. The molecule has 2 rings (SSSR count). The average molecular weight is 326 g/mol. The molecule has 0 bridgehead atoms. The molecule has 3 heteroatoms. The first-order valence-electron chi connectivity index (χ1n) is 8.24. The van der Waals surface area contributed by atoms with E-state index in [0.717, 1.165) is 11.1 Å². The van der Waals surface area contributed by atoms with Crippen molar-refractivity contribution < 1.29 is 15.0 Å². The Bertz CT molecular complexity index is 780. The maximum absolute atomic E-state index is 11.7. The van der Waals surface area contributed by atoms with Crippen molar-refractivity contribution in [3.05, 3.63) is 52.6 Å². The van der Waals surface area contributed by atoms with Gasteiger partial charge in [0.2, 0.25) is 0 Å². The van der Waals surface area contributed by atoms with Gasteiger partial charge in [-0.25, -0.2) is 4.79 Å². The van der Waals surface area contributed by atoms with Crippen LogP contribution in [0.2, 0.25) is 0 Å². The number of carboxylic acids is 1. The highest BCUT2D eigenvalue weighted by atomic mass is 16.4. The molecule has 0 saturated heterocycles. The van der Waals surface area contributed by atoms with Crippen molar-refractivity contribution in [3.63, 3.8) is 0 Å². The van der Waals surface area contributed by atoms with Gasteiger partial charge in [-0.15, -0.1) is 0 Å². The van der Waals surface area contributed by atoms with E-state index in [-0.39, 0.29) is 16.7 Å². The highest BCUT2D eigenvalue weighted by Crippen LogP contribution is 2.40. The minimum atomic E-state index is -1.10. The Morgan fingerprint density at radius 3 is 2.25 bits per heavy atom. The number of carboxylic acid groups (broad SMARTS) is 1. The summed E-state index contributed by atoms with van der Waals surface area (Å²) < 4.78 is 0. The number of aromatic carboxylic acids is 1. The zero-order chi connectivity index (χ0) is 18.2. The maximum Gasteiger partial charge on any atom is 0.339 e. The van der Waals surface area contributed by atoms with Gasteiger partial charge < -0.3 is 10.2 Å². The van der Waals surface area contributed by atoms with Gasteiger partial charge in [0, 0.05) is 5.56 Å². The molecular weight excluding hydrogens is 300 g/mol. The van der Waals surface area contributed by atoms with Crippen molar-refractivity contribution in [2.45, 2.75) is 52.9 Å². The summed E-state index contributed by atoms with van der Waals surface area (Å²) >= 11 is 0. The molecule has 3 nitrogen and oxygen atoms in total. The third kappa shape index (κ3) is 3.30. The van der Waals surface area contributed by atoms with Gasteiger partial charge in [-0.3, -0.25) is 0 Å². The van der Waals surface area contributed by atoms with Crippen LogP contribution in [0.4, 0.5) is 0 Å². The molecule has 2 aromatic rings. The molecule has 128 valence electrons. The van der Waals surface area contributed by atoms with Gasteiger partial charge in [0.15, 0.2) is 0 Å². The fourth-order valence-corrected chi connectivity index (χ4v) is 2.97. The molecule has 0 spiro atoms. The lowest BCUT2D eigenvalue weighted by molar-refractivity contribution is 0.0692. The molecule has 0 saturated carbocycles. The van der Waals surface area contributed by atoms with E-state index in [4.69, 9.17) is 0 Å². The van der Waals surface area contributed by atoms with Gasteiger partial charge in [0.05, 0.1) is 0 Å². The summed E-state index contributed by atoms with van der Waals surface area (Å²) in [5.41, 5.74) is 3.92. The molecule has 24 heavy (non-hydrogen) atoms. The Balaban J connectivity index is 2.82. The minimum absolute atomic E-state index is 0.00706. The molecule has 0 aliphatic carbocycles. The van der Waals surface area contributed by atoms with Crippen LogP contribution in [-0.4, -0.2) is 16.2 Å². The van der Waals surface area contributed by atoms with Crippen LogP contribution < -0.4 is 0 Å². The zero-order valence-corrected chi connectivity index (χ0v) is 15.3. The van der Waals surface area contributed by atoms with Crippen molar-refractivity contribution in [2.75, 3.05) is 0 Å². The van der Waals surface area contributed by atoms with E-state index in [1.807, 2.05) is 39.0 Å². The minimum Gasteiger partial charge on any atom is -0.507 e. The first-order valence-corrected chi connectivity index (χ1v) is 8.24. The summed E-state index contributed by atoms with van der Waals surface area (Å²) in [5.74, 6) is -0.836. The molecule has 0 amide bonds. The third-order valence-corrected chi connectivity index (χ3v) is 4.45. The predicted octanol–water partition coefficient (Wildman–Crippen LogP) is 5.49. The smallest absolute Gasteiger partial charge is 0.339 e. The van der Waals surface area contributed by atoms with Gasteiger partial charge in [0.1, 0.15) is 11.3 Å². The molecular formula is C21H26O3. The molecule has 0 heterocycles. The van der Waals surface area contributed by atoms with Crippen LogP contribution in [0.3, 0.4) is 0 Å². The molecule has 0 aliphatic heterocycles. The Labute approximate surface area is 144 Å². The van der Waals surface area contributed by atoms with E-state index in [1.165, 1.54) is 5.56 Å². The summed E-state index contributed by atoms with van der Waals surface area (Å²) in [6.07, 6.45) is 0. The molecule has 0 atom stereocenters. The Kier molecular flexibility index (Phi) is 4.75. The molecule has 0 radical (unpaired) electrons. The topological polar surface area (TPSA) is 57.5 Å². The van der Waals surface area contributed by atoms with Crippen LogP contribution >= 0.6 is 0 Å². The zero-order valence-electron chi connectivity index (χ0n) is 15.3. The standard InChI is InChI=1S/C21H26O3/c1-12(2)14-8-7-9-15(10-14)16-11-17(21(4,5)6)19(22)18(13(16)3)20(23)24/h7-12,22H,1-6H3,(H,23,24). The monoisotopic (exact) mass is 326 g/mol. The second kappa shape index (κ2) is 6.31. The van der Waals surface area contributed by atoms with Crippen LogP contribution in [0.15, 0.2) is 30.3 Å². The van der Waals surface area contributed by atoms with Crippen LogP contribution in [0, 0.1) is 6.92 Å². The SMILES string of the molecule is Cc1c(-c2cccc(C(C)C)c2)cc(C(C)(C)C)c(O)c1C(=O)O. The van der Waals surface area contributed by atoms with E-state index < -0.39 is 5.97 Å². The average Bonchev–Trinajstić information content (AvgIpc) is 2.45. The van der Waals surface area contributed by atoms with Crippen LogP contribution in [0.5, 0.6) is 5.75 Å². The second-order valence-corrected chi connectivity index (χ2v) is 7.66. The number of rotatable bonds is 3. The van der Waals surface area contributed by atoms with Crippen molar-refractivity contribution in [2.24, 2.45) is 0 Å². The molecule has 0 unspecified atom stereocenters. The lowest BCUT2D eigenvalue weighted by atomic mass is 9.81. The van der Waals surface area contributed by atoms with Crippen LogP contribution in [0.25, 0.3) is 11.1 Å². The number of benzene rings is 2. The van der Waals surface area contributed by atoms with Crippen LogP contribution in [-0.2, 0) is 5.41 Å². The fraction of sp³-hybridized carbons (Fsp3) is 0.381. The third-order valence-electron chi connectivity index (χ3n) is 4.45. The molecule has 0 aliphatic rings. The predicted molar refractivity (Wildman–Crippen MR) is 98.0 cm³/mol. The summed E-state index contributed by atoms with van der Waals surface area (Å²) in [6.45, 7) is 11.9. The van der Waals surface area contributed by atoms with Crippen molar-refractivity contribution >= 4 is 5.97 Å². The summed E-state index contributed by atoms with van der Waals surface area (Å²) in [5, 5.41) is 20.1. The molecule has 2 N–H and O–H groups in total. The van der Waals surface area contributed by atoms with E-state index in [1.54, 1.807) is 6.92 Å². The van der Waals surface area contributed by atoms with E-state index in [2.05, 4.69) is 26.0 Å².